The van der Waals surface area contributed by atoms with E-state index in [2.05, 4.69) is 63.6 Å². The third-order valence-corrected chi connectivity index (χ3v) is 5.61. The second-order valence-corrected chi connectivity index (χ2v) is 15.8. The third-order valence-electron chi connectivity index (χ3n) is 4.88. The highest BCUT2D eigenvalue weighted by atomic mass is 36.0. The van der Waals surface area contributed by atoms with Crippen LogP contribution in [-0.2, 0) is 4.57 Å². The average Bonchev–Trinajstić information content (AvgIpc) is 3.45. The number of nitrogens with one attached hydrogen (secondary N) is 1. The maximum atomic E-state index is 11.8. The fraction of sp³-hybridized carbons (Fsp3) is 0.0833. The molecule has 0 aliphatic carbocycles. The van der Waals surface area contributed by atoms with Gasteiger partial charge in [0.05, 0.1) is 0 Å². The number of rotatable bonds is 2. The first kappa shape index (κ1) is 31.3. The first-order chi connectivity index (χ1) is 19.3. The third kappa shape index (κ3) is 8.66. The summed E-state index contributed by atoms with van der Waals surface area (Å²) in [5.41, 5.74) is 2.45. The summed E-state index contributed by atoms with van der Waals surface area (Å²) in [7, 11) is 0. The second kappa shape index (κ2) is 13.1. The molecule has 1 N–H and O–H groups in total. The van der Waals surface area contributed by atoms with Crippen LogP contribution < -0.4 is 5.56 Å². The fourth-order valence-electron chi connectivity index (χ4n) is 3.36. The van der Waals surface area contributed by atoms with Gasteiger partial charge in [-0.25, -0.2) is 15.0 Å². The Bertz CT molecular complexity index is 1960. The van der Waals surface area contributed by atoms with Crippen LogP contribution in [0.1, 0.15) is 11.8 Å². The first-order valence-corrected chi connectivity index (χ1v) is 16.7. The van der Waals surface area contributed by atoms with E-state index < -0.39 is 5.20 Å². The Morgan fingerprint density at radius 3 is 1.83 bits per heavy atom. The highest BCUT2D eigenvalue weighted by Gasteiger charge is 2.14. The number of benzene rings is 2. The molecule has 0 fully saturated rings. The van der Waals surface area contributed by atoms with Crippen LogP contribution in [0.3, 0.4) is 0 Å². The molecule has 0 unspecified atom stereocenters. The van der Waals surface area contributed by atoms with Crippen LogP contribution in [0.25, 0.3) is 45.2 Å². The molecule has 0 atom stereocenters. The number of H-pyrrole nitrogens is 1. The minimum absolute atomic E-state index is 0.207. The van der Waals surface area contributed by atoms with E-state index in [1.165, 1.54) is 0 Å². The Kier molecular flexibility index (Phi) is 9.97. The number of hydrogen-bond acceptors (Lipinski definition) is 9. The summed E-state index contributed by atoms with van der Waals surface area (Å²) >= 11 is 31.7. The predicted molar refractivity (Wildman–Crippen MR) is 163 cm³/mol. The molecule has 6 aromatic rings. The minimum atomic E-state index is -3.22. The molecule has 0 aliphatic rings. The molecule has 6 rings (SSSR count). The summed E-state index contributed by atoms with van der Waals surface area (Å²) in [6.45, 7) is 3.40. The molecule has 0 amide bonds. The summed E-state index contributed by atoms with van der Waals surface area (Å²) in [5, 5.41) is -1.77. The summed E-state index contributed by atoms with van der Waals surface area (Å²) in [6.07, 6.45) is 0. The van der Waals surface area contributed by atoms with Gasteiger partial charge >= 0.3 is 5.20 Å². The Hall–Kier alpha value is -2.69. The van der Waals surface area contributed by atoms with E-state index in [9.17, 15) is 9.36 Å². The Morgan fingerprint density at radius 2 is 1.24 bits per heavy atom. The fourth-order valence-corrected chi connectivity index (χ4v) is 3.94. The smallest absolute Gasteiger partial charge is 0.339 e. The Labute approximate surface area is 260 Å². The summed E-state index contributed by atoms with van der Waals surface area (Å²) < 4.78 is 20.1. The number of nitrogens with zero attached hydrogens (tertiary/aromatic N) is 5. The van der Waals surface area contributed by atoms with Crippen LogP contribution in [-0.4, -0.2) is 29.9 Å². The summed E-state index contributed by atoms with van der Waals surface area (Å²) in [6, 6.07) is 14.3. The van der Waals surface area contributed by atoms with Crippen molar-refractivity contribution in [2.75, 3.05) is 0 Å². The molecule has 0 spiro atoms. The van der Waals surface area contributed by atoms with E-state index in [1.54, 1.807) is 50.2 Å². The second-order valence-electron chi connectivity index (χ2n) is 7.95. The molecule has 10 nitrogen and oxygen atoms in total. The molecule has 17 heteroatoms. The van der Waals surface area contributed by atoms with E-state index in [4.69, 9.17) is 43.6 Å². The van der Waals surface area contributed by atoms with Gasteiger partial charge in [0.2, 0.25) is 0 Å². The van der Waals surface area contributed by atoms with Crippen molar-refractivity contribution in [2.45, 2.75) is 13.8 Å². The standard InChI is InChI=1S/C12H7Cl2N3O.C12H8ClN3O2.Cl3OP/c1-6-15-9-10(14)16-11(17-12(9)18-6)7-3-2-4-8(13)5-7;1-6-14-9-11(17)15-10(16-12(9)18-6)7-3-2-4-8(13)5-7;1-5(2,3)4/h2-5H,1H3;2-5H,1H3,(H,15,16,17);. The van der Waals surface area contributed by atoms with Gasteiger partial charge in [0.25, 0.3) is 17.0 Å². The number of aromatic nitrogens is 6. The maximum Gasteiger partial charge on any atom is 0.339 e. The van der Waals surface area contributed by atoms with Crippen LogP contribution in [0.15, 0.2) is 62.2 Å². The van der Waals surface area contributed by atoms with Crippen LogP contribution in [0, 0.1) is 13.8 Å². The lowest BCUT2D eigenvalue weighted by molar-refractivity contribution is 0.550. The molecule has 212 valence electrons. The molecule has 41 heavy (non-hydrogen) atoms. The topological polar surface area (TPSA) is 141 Å². The van der Waals surface area contributed by atoms with Gasteiger partial charge in [-0.05, 0) is 58.0 Å². The number of aromatic amines is 1. The average molecular weight is 695 g/mol. The van der Waals surface area contributed by atoms with Crippen molar-refractivity contribution in [2.24, 2.45) is 0 Å². The van der Waals surface area contributed by atoms with Crippen molar-refractivity contribution >= 4 is 96.2 Å². The molecular formula is C24H15Cl6N6O4P. The zero-order valence-electron chi connectivity index (χ0n) is 20.7. The lowest BCUT2D eigenvalue weighted by atomic mass is 10.2. The van der Waals surface area contributed by atoms with Crippen LogP contribution >= 0.6 is 73.7 Å². The van der Waals surface area contributed by atoms with Crippen molar-refractivity contribution in [3.8, 4) is 22.8 Å². The van der Waals surface area contributed by atoms with Gasteiger partial charge in [0, 0.05) is 35.0 Å². The highest BCUT2D eigenvalue weighted by molar-refractivity contribution is 8.24. The molecule has 0 saturated carbocycles. The number of fused-ring (bicyclic) bond motifs is 2. The van der Waals surface area contributed by atoms with E-state index in [0.717, 1.165) is 11.1 Å². The molecule has 4 aromatic heterocycles. The van der Waals surface area contributed by atoms with Gasteiger partial charge in [0.15, 0.2) is 33.8 Å². The quantitative estimate of drug-likeness (QED) is 0.139. The van der Waals surface area contributed by atoms with Crippen LogP contribution in [0.5, 0.6) is 0 Å². The van der Waals surface area contributed by atoms with Gasteiger partial charge in [-0.3, -0.25) is 9.36 Å². The van der Waals surface area contributed by atoms with Crippen molar-refractivity contribution in [1.29, 1.82) is 0 Å². The lowest BCUT2D eigenvalue weighted by Gasteiger charge is -2.00. The van der Waals surface area contributed by atoms with Gasteiger partial charge in [-0.15, -0.1) is 0 Å². The predicted octanol–water partition coefficient (Wildman–Crippen LogP) is 9.25. The molecule has 4 heterocycles. The van der Waals surface area contributed by atoms with Crippen LogP contribution in [0.2, 0.25) is 15.2 Å². The van der Waals surface area contributed by atoms with Crippen molar-refractivity contribution in [3.05, 3.63) is 85.9 Å². The van der Waals surface area contributed by atoms with E-state index in [1.807, 2.05) is 12.1 Å². The Balaban J connectivity index is 0.000000163. The molecule has 0 bridgehead atoms. The van der Waals surface area contributed by atoms with Gasteiger partial charge in [-0.1, -0.05) is 59.1 Å². The molecular weight excluding hydrogens is 680 g/mol. The normalized spacial score (nSPS) is 11.1. The monoisotopic (exact) mass is 692 g/mol. The minimum Gasteiger partial charge on any atom is -0.422 e. The SMILES string of the molecule is Cc1nc2c(=O)[nH]c(-c3cccc(Cl)c3)nc2o1.Cc1nc2c(Cl)nc(-c3cccc(Cl)c3)nc2o1.O=P(Cl)(Cl)Cl. The first-order valence-electron chi connectivity index (χ1n) is 11.2. The van der Waals surface area contributed by atoms with Gasteiger partial charge in [0.1, 0.15) is 5.82 Å². The van der Waals surface area contributed by atoms with Gasteiger partial charge < -0.3 is 13.8 Å². The molecule has 0 aliphatic heterocycles. The van der Waals surface area contributed by atoms with Crippen molar-refractivity contribution in [1.82, 2.24) is 29.9 Å². The van der Waals surface area contributed by atoms with Crippen molar-refractivity contribution in [3.63, 3.8) is 0 Å². The zero-order valence-corrected chi connectivity index (χ0v) is 26.1. The number of hydrogen-bond donors (Lipinski definition) is 1. The molecule has 0 radical (unpaired) electrons. The van der Waals surface area contributed by atoms with E-state index in [0.29, 0.717) is 44.7 Å². The van der Waals surface area contributed by atoms with E-state index in [-0.39, 0.29) is 21.9 Å². The van der Waals surface area contributed by atoms with Crippen molar-refractivity contribution < 1.29 is 13.4 Å². The lowest BCUT2D eigenvalue weighted by Crippen LogP contribution is -2.09. The summed E-state index contributed by atoms with van der Waals surface area (Å²) in [5.74, 6) is 1.79. The largest absolute Gasteiger partial charge is 0.422 e. The van der Waals surface area contributed by atoms with E-state index >= 15 is 0 Å². The number of halogens is 6. The van der Waals surface area contributed by atoms with Gasteiger partial charge in [-0.2, -0.15) is 9.97 Å². The van der Waals surface area contributed by atoms with Crippen LogP contribution in [0.4, 0.5) is 0 Å². The Morgan fingerprint density at radius 1 is 0.732 bits per heavy atom. The molecule has 0 saturated heterocycles. The maximum absolute atomic E-state index is 11.8. The highest BCUT2D eigenvalue weighted by Crippen LogP contribution is 2.61. The molecule has 2 aromatic carbocycles. The summed E-state index contributed by atoms with van der Waals surface area (Å²) in [4.78, 5) is 35.3. The number of oxazole rings is 2. The number of aryl methyl sites for hydroxylation is 2. The zero-order chi connectivity index (χ0) is 29.9.